The van der Waals surface area contributed by atoms with Gasteiger partial charge in [0.2, 0.25) is 0 Å². The summed E-state index contributed by atoms with van der Waals surface area (Å²) < 4.78 is 1.01. The van der Waals surface area contributed by atoms with Crippen LogP contribution in [-0.4, -0.2) is 30.1 Å². The van der Waals surface area contributed by atoms with Gasteiger partial charge in [0.05, 0.1) is 11.6 Å². The van der Waals surface area contributed by atoms with Gasteiger partial charge in [0, 0.05) is 4.47 Å². The Bertz CT molecular complexity index is 625. The molecule has 4 heteroatoms. The predicted molar refractivity (Wildman–Crippen MR) is 83.1 cm³/mol. The van der Waals surface area contributed by atoms with Crippen molar-refractivity contribution in [2.24, 2.45) is 0 Å². The maximum Gasteiger partial charge on any atom is 0.335 e. The van der Waals surface area contributed by atoms with E-state index in [1.165, 1.54) is 0 Å². The van der Waals surface area contributed by atoms with Crippen molar-refractivity contribution in [3.63, 3.8) is 0 Å². The fourth-order valence-corrected chi connectivity index (χ4v) is 2.72. The van der Waals surface area contributed by atoms with Crippen LogP contribution in [0.15, 0.2) is 53.0 Å². The summed E-state index contributed by atoms with van der Waals surface area (Å²) in [6.45, 7) is 0. The molecule has 0 fully saturated rings. The number of carboxylic acid groups (broad SMARTS) is 1. The molecule has 2 rings (SSSR count). The molecule has 104 valence electrons. The van der Waals surface area contributed by atoms with Crippen molar-refractivity contribution in [2.45, 2.75) is 6.04 Å². The summed E-state index contributed by atoms with van der Waals surface area (Å²) in [4.78, 5) is 13.2. The number of hydrogen-bond acceptors (Lipinski definition) is 2. The lowest BCUT2D eigenvalue weighted by Gasteiger charge is -2.25. The number of carboxylic acids is 1. The Labute approximate surface area is 127 Å². The number of carbonyl (C=O) groups is 1. The quantitative estimate of drug-likeness (QED) is 0.925. The largest absolute Gasteiger partial charge is 0.478 e. The van der Waals surface area contributed by atoms with Crippen LogP contribution in [0.25, 0.3) is 0 Å². The average molecular weight is 334 g/mol. The smallest absolute Gasteiger partial charge is 0.335 e. The fraction of sp³-hybridized carbons (Fsp3) is 0.188. The molecule has 0 radical (unpaired) electrons. The van der Waals surface area contributed by atoms with Crippen molar-refractivity contribution in [3.8, 4) is 0 Å². The Morgan fingerprint density at radius 2 is 1.70 bits per heavy atom. The standard InChI is InChI=1S/C16H16BrNO2/c1-18(2)15(12-6-4-8-14(17)10-12)11-5-3-7-13(9-11)16(19)20/h3-10,15H,1-2H3,(H,19,20). The van der Waals surface area contributed by atoms with Gasteiger partial charge in [-0.1, -0.05) is 40.2 Å². The lowest BCUT2D eigenvalue weighted by molar-refractivity contribution is 0.0696. The van der Waals surface area contributed by atoms with Gasteiger partial charge in [-0.2, -0.15) is 0 Å². The summed E-state index contributed by atoms with van der Waals surface area (Å²) in [7, 11) is 3.97. The molecule has 0 saturated carbocycles. The van der Waals surface area contributed by atoms with Gasteiger partial charge in [0.25, 0.3) is 0 Å². The minimum atomic E-state index is -0.904. The summed E-state index contributed by atoms with van der Waals surface area (Å²) in [5.41, 5.74) is 2.39. The topological polar surface area (TPSA) is 40.5 Å². The van der Waals surface area contributed by atoms with Crippen LogP contribution in [0, 0.1) is 0 Å². The molecule has 2 aromatic rings. The van der Waals surface area contributed by atoms with Crippen LogP contribution < -0.4 is 0 Å². The maximum absolute atomic E-state index is 11.1. The molecular formula is C16H16BrNO2. The van der Waals surface area contributed by atoms with E-state index in [0.29, 0.717) is 5.56 Å². The molecule has 1 N–H and O–H groups in total. The van der Waals surface area contributed by atoms with E-state index in [1.54, 1.807) is 18.2 Å². The van der Waals surface area contributed by atoms with E-state index >= 15 is 0 Å². The van der Waals surface area contributed by atoms with E-state index in [1.807, 2.05) is 38.4 Å². The molecule has 1 atom stereocenters. The molecule has 1 unspecified atom stereocenters. The van der Waals surface area contributed by atoms with E-state index in [-0.39, 0.29) is 6.04 Å². The first-order valence-electron chi connectivity index (χ1n) is 6.24. The Morgan fingerprint density at radius 3 is 2.25 bits per heavy atom. The third-order valence-electron chi connectivity index (χ3n) is 3.13. The molecule has 0 amide bonds. The lowest BCUT2D eigenvalue weighted by atomic mass is 9.96. The number of nitrogens with zero attached hydrogens (tertiary/aromatic N) is 1. The zero-order chi connectivity index (χ0) is 14.7. The predicted octanol–water partition coefficient (Wildman–Crippen LogP) is 3.80. The number of aromatic carboxylic acids is 1. The van der Waals surface area contributed by atoms with Gasteiger partial charge in [-0.05, 0) is 49.5 Å². The molecule has 0 bridgehead atoms. The number of hydrogen-bond donors (Lipinski definition) is 1. The van der Waals surface area contributed by atoms with Gasteiger partial charge >= 0.3 is 5.97 Å². The van der Waals surface area contributed by atoms with Crippen LogP contribution in [-0.2, 0) is 0 Å². The van der Waals surface area contributed by atoms with Crippen LogP contribution in [0.4, 0.5) is 0 Å². The minimum absolute atomic E-state index is 0.0202. The molecule has 0 aliphatic carbocycles. The average Bonchev–Trinajstić information content (AvgIpc) is 2.39. The summed E-state index contributed by atoms with van der Waals surface area (Å²) >= 11 is 3.48. The third kappa shape index (κ3) is 3.26. The van der Waals surface area contributed by atoms with Crippen molar-refractivity contribution in [1.29, 1.82) is 0 Å². The lowest BCUT2D eigenvalue weighted by Crippen LogP contribution is -2.21. The normalized spacial score (nSPS) is 12.4. The van der Waals surface area contributed by atoms with Crippen LogP contribution in [0.1, 0.15) is 27.5 Å². The Kier molecular flexibility index (Phi) is 4.57. The minimum Gasteiger partial charge on any atom is -0.478 e. The zero-order valence-corrected chi connectivity index (χ0v) is 13.0. The van der Waals surface area contributed by atoms with Crippen molar-refractivity contribution in [3.05, 3.63) is 69.7 Å². The first-order chi connectivity index (χ1) is 9.49. The molecule has 0 spiro atoms. The molecule has 0 aliphatic heterocycles. The number of halogens is 1. The van der Waals surface area contributed by atoms with E-state index in [0.717, 1.165) is 15.6 Å². The fourth-order valence-electron chi connectivity index (χ4n) is 2.31. The van der Waals surface area contributed by atoms with Crippen molar-refractivity contribution in [2.75, 3.05) is 14.1 Å². The van der Waals surface area contributed by atoms with Crippen molar-refractivity contribution >= 4 is 21.9 Å². The Hall–Kier alpha value is -1.65. The molecule has 0 saturated heterocycles. The van der Waals surface area contributed by atoms with Gasteiger partial charge in [0.15, 0.2) is 0 Å². The van der Waals surface area contributed by atoms with Gasteiger partial charge in [-0.15, -0.1) is 0 Å². The van der Waals surface area contributed by atoms with Crippen LogP contribution in [0.3, 0.4) is 0 Å². The van der Waals surface area contributed by atoms with E-state index in [9.17, 15) is 4.79 Å². The Morgan fingerprint density at radius 1 is 1.10 bits per heavy atom. The molecule has 3 nitrogen and oxygen atoms in total. The highest BCUT2D eigenvalue weighted by molar-refractivity contribution is 9.10. The first-order valence-corrected chi connectivity index (χ1v) is 7.03. The molecule has 20 heavy (non-hydrogen) atoms. The monoisotopic (exact) mass is 333 g/mol. The highest BCUT2D eigenvalue weighted by atomic mass is 79.9. The van der Waals surface area contributed by atoms with E-state index in [2.05, 4.69) is 26.9 Å². The van der Waals surface area contributed by atoms with Gasteiger partial charge in [-0.3, -0.25) is 4.90 Å². The second-order valence-electron chi connectivity index (χ2n) is 4.85. The molecule has 0 aromatic heterocycles. The summed E-state index contributed by atoms with van der Waals surface area (Å²) in [6, 6.07) is 15.2. The molecule has 0 heterocycles. The van der Waals surface area contributed by atoms with Crippen molar-refractivity contribution < 1.29 is 9.90 Å². The number of benzene rings is 2. The maximum atomic E-state index is 11.1. The van der Waals surface area contributed by atoms with Gasteiger partial charge < -0.3 is 5.11 Å². The number of rotatable bonds is 4. The Balaban J connectivity index is 2.49. The van der Waals surface area contributed by atoms with E-state index in [4.69, 9.17) is 5.11 Å². The highest BCUT2D eigenvalue weighted by Gasteiger charge is 2.18. The summed E-state index contributed by atoms with van der Waals surface area (Å²) in [6.07, 6.45) is 0. The van der Waals surface area contributed by atoms with Crippen LogP contribution >= 0.6 is 15.9 Å². The zero-order valence-electron chi connectivity index (χ0n) is 11.4. The summed E-state index contributed by atoms with van der Waals surface area (Å²) in [5, 5.41) is 9.12. The third-order valence-corrected chi connectivity index (χ3v) is 3.62. The van der Waals surface area contributed by atoms with Crippen molar-refractivity contribution in [1.82, 2.24) is 4.90 Å². The second kappa shape index (κ2) is 6.20. The molecule has 2 aromatic carbocycles. The first kappa shape index (κ1) is 14.8. The van der Waals surface area contributed by atoms with E-state index < -0.39 is 5.97 Å². The summed E-state index contributed by atoms with van der Waals surface area (Å²) in [5.74, 6) is -0.904. The highest BCUT2D eigenvalue weighted by Crippen LogP contribution is 2.29. The van der Waals surface area contributed by atoms with Gasteiger partial charge in [0.1, 0.15) is 0 Å². The molecule has 0 aliphatic rings. The van der Waals surface area contributed by atoms with Crippen LogP contribution in [0.2, 0.25) is 0 Å². The van der Waals surface area contributed by atoms with Crippen LogP contribution in [0.5, 0.6) is 0 Å². The SMILES string of the molecule is CN(C)C(c1cccc(Br)c1)c1cccc(C(=O)O)c1. The second-order valence-corrected chi connectivity index (χ2v) is 5.77. The molecular weight excluding hydrogens is 318 g/mol. The van der Waals surface area contributed by atoms with Gasteiger partial charge in [-0.25, -0.2) is 4.79 Å².